The number of rotatable bonds is 5. The van der Waals surface area contributed by atoms with Gasteiger partial charge in [0.05, 0.1) is 17.7 Å². The number of aromatic nitrogens is 3. The molecule has 6 nitrogen and oxygen atoms in total. The van der Waals surface area contributed by atoms with Crippen molar-refractivity contribution in [3.63, 3.8) is 0 Å². The van der Waals surface area contributed by atoms with Crippen LogP contribution in [0.15, 0.2) is 41.7 Å². The number of fused-ring (bicyclic) bond motifs is 1. The summed E-state index contributed by atoms with van der Waals surface area (Å²) in [6.45, 7) is 4.35. The fourth-order valence-electron chi connectivity index (χ4n) is 3.55. The largest absolute Gasteiger partial charge is 0.299 e. The quantitative estimate of drug-likeness (QED) is 0.698. The second-order valence-corrected chi connectivity index (χ2v) is 9.97. The second-order valence-electron chi connectivity index (χ2n) is 8.00. The normalized spacial score (nSPS) is 24.6. The van der Waals surface area contributed by atoms with Crippen molar-refractivity contribution in [1.29, 1.82) is 0 Å². The lowest BCUT2D eigenvalue weighted by Gasteiger charge is -2.34. The van der Waals surface area contributed by atoms with Crippen LogP contribution in [0.5, 0.6) is 0 Å². The van der Waals surface area contributed by atoms with Gasteiger partial charge in [0, 0.05) is 18.3 Å². The monoisotopic (exact) mass is 407 g/mol. The molecule has 2 aliphatic rings. The summed E-state index contributed by atoms with van der Waals surface area (Å²) < 4.78 is 32.0. The predicted molar refractivity (Wildman–Crippen MR) is 104 cm³/mol. The maximum Gasteiger partial charge on any atom is 0.296 e. The molecule has 27 heavy (non-hydrogen) atoms. The zero-order valence-electron chi connectivity index (χ0n) is 15.3. The van der Waals surface area contributed by atoms with Crippen molar-refractivity contribution < 1.29 is 12.6 Å². The Morgan fingerprint density at radius 1 is 1.33 bits per heavy atom. The predicted octanol–water partition coefficient (Wildman–Crippen LogP) is 4.09. The van der Waals surface area contributed by atoms with Gasteiger partial charge in [-0.1, -0.05) is 37.6 Å². The molecule has 0 saturated heterocycles. The molecule has 144 valence electrons. The zero-order chi connectivity index (χ0) is 19.2. The van der Waals surface area contributed by atoms with Crippen LogP contribution in [0.25, 0.3) is 5.52 Å². The lowest BCUT2D eigenvalue weighted by atomic mass is 9.75. The molecule has 0 unspecified atom stereocenters. The van der Waals surface area contributed by atoms with Gasteiger partial charge in [0.15, 0.2) is 5.15 Å². The van der Waals surface area contributed by atoms with Crippen molar-refractivity contribution in [2.75, 3.05) is 6.61 Å². The zero-order valence-corrected chi connectivity index (χ0v) is 16.9. The minimum absolute atomic E-state index is 0.00832. The molecular formula is C19H22ClN3O3S. The summed E-state index contributed by atoms with van der Waals surface area (Å²) in [5.74, 6) is 1.42. The molecule has 2 heterocycles. The molecule has 0 spiro atoms. The lowest BCUT2D eigenvalue weighted by molar-refractivity contribution is 0.159. The van der Waals surface area contributed by atoms with E-state index < -0.39 is 10.1 Å². The fourth-order valence-corrected chi connectivity index (χ4v) is 4.77. The third-order valence-corrected chi connectivity index (χ3v) is 6.93. The van der Waals surface area contributed by atoms with Crippen LogP contribution in [0, 0.1) is 11.3 Å². The lowest BCUT2D eigenvalue weighted by Crippen LogP contribution is -2.28. The molecular weight excluding hydrogens is 386 g/mol. The average molecular weight is 408 g/mol. The maximum absolute atomic E-state index is 12.4. The highest BCUT2D eigenvalue weighted by Gasteiger charge is 2.35. The van der Waals surface area contributed by atoms with Gasteiger partial charge in [-0.25, -0.2) is 9.97 Å². The Bertz CT molecular complexity index is 1030. The topological polar surface area (TPSA) is 73.6 Å². The molecule has 2 aliphatic carbocycles. The summed E-state index contributed by atoms with van der Waals surface area (Å²) in [4.78, 5) is 8.79. The van der Waals surface area contributed by atoms with Crippen molar-refractivity contribution in [3.8, 4) is 0 Å². The first-order chi connectivity index (χ1) is 12.8. The second kappa shape index (κ2) is 6.72. The molecule has 0 aliphatic heterocycles. The summed E-state index contributed by atoms with van der Waals surface area (Å²) in [6, 6.07) is 0. The molecule has 0 radical (unpaired) electrons. The third-order valence-electron chi connectivity index (χ3n) is 5.32. The molecule has 0 amide bonds. The Balaban J connectivity index is 1.35. The molecule has 0 atom stereocenters. The molecule has 0 N–H and O–H groups in total. The summed E-state index contributed by atoms with van der Waals surface area (Å²) >= 11 is 6.09. The van der Waals surface area contributed by atoms with Gasteiger partial charge in [-0.15, -0.1) is 0 Å². The summed E-state index contributed by atoms with van der Waals surface area (Å²) in [7, 11) is -3.69. The highest BCUT2D eigenvalue weighted by Crippen LogP contribution is 2.42. The van der Waals surface area contributed by atoms with Crippen LogP contribution >= 0.6 is 11.6 Å². The van der Waals surface area contributed by atoms with Crippen molar-refractivity contribution in [3.05, 3.63) is 52.7 Å². The number of allylic oxidation sites excluding steroid dienone is 3. The Morgan fingerprint density at radius 3 is 2.81 bits per heavy atom. The van der Waals surface area contributed by atoms with Gasteiger partial charge in [0.1, 0.15) is 11.3 Å². The van der Waals surface area contributed by atoms with E-state index >= 15 is 0 Å². The fraction of sp³-hybridized carbons (Fsp3) is 0.474. The average Bonchev–Trinajstić information content (AvgIpc) is 2.98. The van der Waals surface area contributed by atoms with Crippen LogP contribution in [-0.2, 0) is 14.3 Å². The molecule has 8 heteroatoms. The van der Waals surface area contributed by atoms with Crippen molar-refractivity contribution >= 4 is 27.2 Å². The van der Waals surface area contributed by atoms with Crippen LogP contribution < -0.4 is 0 Å². The van der Waals surface area contributed by atoms with Gasteiger partial charge in [-0.05, 0) is 36.7 Å². The van der Waals surface area contributed by atoms with Crippen LogP contribution in [0.2, 0.25) is 5.15 Å². The van der Waals surface area contributed by atoms with E-state index in [4.69, 9.17) is 15.8 Å². The van der Waals surface area contributed by atoms with Crippen molar-refractivity contribution in [2.24, 2.45) is 11.3 Å². The Hall–Kier alpha value is -1.70. The standard InChI is InChI=1S/C19H22ClN3O3S/c1-19(2)5-3-15(4-6-19)27(24,25)26-12-13-9-14(10-13)18-22-11-16-17(20)21-7-8-23(16)18/h3-5,7-8,11,13-14H,6,9-10,12H2,1-2H3. The molecule has 2 aromatic heterocycles. The van der Waals surface area contributed by atoms with E-state index in [-0.39, 0.29) is 28.8 Å². The van der Waals surface area contributed by atoms with Crippen LogP contribution in [0.1, 0.15) is 44.9 Å². The Morgan fingerprint density at radius 2 is 2.11 bits per heavy atom. The van der Waals surface area contributed by atoms with Gasteiger partial charge in [-0.2, -0.15) is 8.42 Å². The molecule has 1 saturated carbocycles. The highest BCUT2D eigenvalue weighted by molar-refractivity contribution is 7.90. The maximum atomic E-state index is 12.4. The number of halogens is 1. The number of nitrogens with zero attached hydrogens (tertiary/aromatic N) is 3. The van der Waals surface area contributed by atoms with Gasteiger partial charge in [0.2, 0.25) is 0 Å². The Kier molecular flexibility index (Phi) is 4.64. The number of hydrogen-bond donors (Lipinski definition) is 0. The van der Waals surface area contributed by atoms with E-state index in [1.165, 1.54) is 0 Å². The van der Waals surface area contributed by atoms with Gasteiger partial charge >= 0.3 is 0 Å². The molecule has 0 aromatic carbocycles. The number of imidazole rings is 1. The van der Waals surface area contributed by atoms with Gasteiger partial charge in [-0.3, -0.25) is 8.58 Å². The number of hydrogen-bond acceptors (Lipinski definition) is 5. The van der Waals surface area contributed by atoms with Gasteiger partial charge < -0.3 is 0 Å². The van der Waals surface area contributed by atoms with E-state index in [1.807, 2.05) is 16.7 Å². The van der Waals surface area contributed by atoms with Crippen LogP contribution in [0.3, 0.4) is 0 Å². The summed E-state index contributed by atoms with van der Waals surface area (Å²) in [6.07, 6.45) is 12.9. The molecule has 1 fully saturated rings. The minimum atomic E-state index is -3.69. The highest BCUT2D eigenvalue weighted by atomic mass is 35.5. The van der Waals surface area contributed by atoms with Gasteiger partial charge in [0.25, 0.3) is 10.1 Å². The van der Waals surface area contributed by atoms with E-state index in [9.17, 15) is 8.42 Å². The summed E-state index contributed by atoms with van der Waals surface area (Å²) in [5, 5.41) is 0.429. The minimum Gasteiger partial charge on any atom is -0.299 e. The van der Waals surface area contributed by atoms with Crippen molar-refractivity contribution in [1.82, 2.24) is 14.4 Å². The molecule has 0 bridgehead atoms. The first kappa shape index (κ1) is 18.7. The third kappa shape index (κ3) is 3.68. The first-order valence-corrected chi connectivity index (χ1v) is 10.8. The van der Waals surface area contributed by atoms with E-state index in [1.54, 1.807) is 24.5 Å². The van der Waals surface area contributed by atoms with Crippen LogP contribution in [0.4, 0.5) is 0 Å². The Labute approximate surface area is 164 Å². The van der Waals surface area contributed by atoms with Crippen molar-refractivity contribution in [2.45, 2.75) is 39.0 Å². The van der Waals surface area contributed by atoms with E-state index in [0.29, 0.717) is 11.6 Å². The first-order valence-electron chi connectivity index (χ1n) is 9.01. The summed E-state index contributed by atoms with van der Waals surface area (Å²) in [5.41, 5.74) is 0.779. The molecule has 2 aromatic rings. The van der Waals surface area contributed by atoms with E-state index in [0.717, 1.165) is 24.2 Å². The molecule has 4 rings (SSSR count). The van der Waals surface area contributed by atoms with Crippen LogP contribution in [-0.4, -0.2) is 29.4 Å². The SMILES string of the molecule is CC1(C)C=CC(S(=O)(=O)OCC2CC(c3ncc4c(Cl)nccn34)C2)=CC1. The smallest absolute Gasteiger partial charge is 0.296 e. The van der Waals surface area contributed by atoms with E-state index in [2.05, 4.69) is 23.8 Å².